The second kappa shape index (κ2) is 7.07. The number of rotatable bonds is 5. The summed E-state index contributed by atoms with van der Waals surface area (Å²) < 4.78 is 5.16. The van der Waals surface area contributed by atoms with Gasteiger partial charge in [-0.05, 0) is 26.3 Å². The van der Waals surface area contributed by atoms with Crippen molar-refractivity contribution in [2.75, 3.05) is 7.05 Å². The van der Waals surface area contributed by atoms with Crippen LogP contribution >= 0.6 is 0 Å². The van der Waals surface area contributed by atoms with Crippen molar-refractivity contribution >= 4 is 6.03 Å². The first-order chi connectivity index (χ1) is 11.2. The number of aryl methyl sites for hydroxylation is 2. The van der Waals surface area contributed by atoms with E-state index in [1.165, 1.54) is 5.56 Å². The van der Waals surface area contributed by atoms with Crippen molar-refractivity contribution in [2.24, 2.45) is 0 Å². The molecule has 130 valence electrons. The maximum absolute atomic E-state index is 12.5. The zero-order valence-corrected chi connectivity index (χ0v) is 15.4. The molecule has 1 aromatic carbocycles. The molecule has 2 rings (SSSR count). The van der Waals surface area contributed by atoms with E-state index >= 15 is 0 Å². The largest absolute Gasteiger partial charge is 0.361 e. The van der Waals surface area contributed by atoms with Gasteiger partial charge in [-0.25, -0.2) is 4.79 Å². The summed E-state index contributed by atoms with van der Waals surface area (Å²) in [6.45, 7) is 10.5. The van der Waals surface area contributed by atoms with Crippen LogP contribution in [0, 0.1) is 13.8 Å². The average molecular weight is 329 g/mol. The van der Waals surface area contributed by atoms with Crippen molar-refractivity contribution in [2.45, 2.75) is 52.6 Å². The van der Waals surface area contributed by atoms with Crippen LogP contribution in [0.1, 0.15) is 43.4 Å². The molecule has 1 aromatic heterocycles. The molecular formula is C19H27N3O2. The molecule has 5 nitrogen and oxygen atoms in total. The number of amides is 2. The zero-order valence-electron chi connectivity index (χ0n) is 15.4. The molecule has 0 aliphatic carbocycles. The molecule has 0 radical (unpaired) electrons. The summed E-state index contributed by atoms with van der Waals surface area (Å²) in [6, 6.07) is 10.1. The van der Waals surface area contributed by atoms with Crippen molar-refractivity contribution in [1.29, 1.82) is 0 Å². The lowest BCUT2D eigenvalue weighted by Gasteiger charge is -2.34. The van der Waals surface area contributed by atoms with E-state index in [2.05, 4.69) is 36.5 Å². The van der Waals surface area contributed by atoms with Gasteiger partial charge in [0.2, 0.25) is 0 Å². The molecule has 5 heteroatoms. The summed E-state index contributed by atoms with van der Waals surface area (Å²) in [6.07, 6.45) is 0. The highest BCUT2D eigenvalue weighted by Crippen LogP contribution is 2.27. The third-order valence-corrected chi connectivity index (χ3v) is 4.86. The lowest BCUT2D eigenvalue weighted by atomic mass is 9.78. The van der Waals surface area contributed by atoms with Crippen molar-refractivity contribution in [3.8, 4) is 0 Å². The predicted octanol–water partition coefficient (Wildman–Crippen LogP) is 3.80. The Hall–Kier alpha value is -2.30. The fraction of sp³-hybridized carbons (Fsp3) is 0.474. The van der Waals surface area contributed by atoms with Gasteiger partial charge < -0.3 is 14.7 Å². The van der Waals surface area contributed by atoms with Crippen LogP contribution in [-0.2, 0) is 12.0 Å². The normalized spacial score (nSPS) is 12.8. The van der Waals surface area contributed by atoms with E-state index in [0.717, 1.165) is 17.0 Å². The second-order valence-corrected chi connectivity index (χ2v) is 6.92. The van der Waals surface area contributed by atoms with Crippen molar-refractivity contribution in [3.63, 3.8) is 0 Å². The summed E-state index contributed by atoms with van der Waals surface area (Å²) in [4.78, 5) is 14.2. The van der Waals surface area contributed by atoms with Gasteiger partial charge in [-0.2, -0.15) is 0 Å². The van der Waals surface area contributed by atoms with Crippen molar-refractivity contribution < 1.29 is 9.32 Å². The minimum absolute atomic E-state index is 0.0143. The van der Waals surface area contributed by atoms with Crippen LogP contribution in [0.2, 0.25) is 0 Å². The molecule has 24 heavy (non-hydrogen) atoms. The third kappa shape index (κ3) is 3.78. The monoisotopic (exact) mass is 329 g/mol. The Balaban J connectivity index is 2.03. The van der Waals surface area contributed by atoms with E-state index in [0.29, 0.717) is 6.54 Å². The number of aromatic nitrogens is 1. The van der Waals surface area contributed by atoms with E-state index in [-0.39, 0.29) is 17.5 Å². The van der Waals surface area contributed by atoms with E-state index in [4.69, 9.17) is 4.52 Å². The van der Waals surface area contributed by atoms with Crippen LogP contribution in [0.4, 0.5) is 4.79 Å². The quantitative estimate of drug-likeness (QED) is 0.907. The molecule has 0 aliphatic heterocycles. The van der Waals surface area contributed by atoms with Gasteiger partial charge in [0.15, 0.2) is 0 Å². The van der Waals surface area contributed by atoms with Gasteiger partial charge in [0, 0.05) is 24.1 Å². The third-order valence-electron chi connectivity index (χ3n) is 4.86. The SMILES string of the molecule is Cc1noc(C)c1CN(C)C(=O)N[C@H](C)C(C)(C)c1ccccc1. The Kier molecular flexibility index (Phi) is 5.32. The number of benzene rings is 1. The topological polar surface area (TPSA) is 58.4 Å². The minimum Gasteiger partial charge on any atom is -0.361 e. The van der Waals surface area contributed by atoms with Gasteiger partial charge in [0.1, 0.15) is 5.76 Å². The fourth-order valence-corrected chi connectivity index (χ4v) is 2.63. The highest BCUT2D eigenvalue weighted by molar-refractivity contribution is 5.74. The fourth-order valence-electron chi connectivity index (χ4n) is 2.63. The molecule has 0 saturated heterocycles. The van der Waals surface area contributed by atoms with Crippen LogP contribution in [0.15, 0.2) is 34.9 Å². The Bertz CT molecular complexity index is 672. The number of carbonyl (C=O) groups excluding carboxylic acids is 1. The second-order valence-electron chi connectivity index (χ2n) is 6.92. The summed E-state index contributed by atoms with van der Waals surface area (Å²) in [5.74, 6) is 0.754. The molecule has 2 aromatic rings. The number of hydrogen-bond donors (Lipinski definition) is 1. The number of carbonyl (C=O) groups is 1. The Morgan fingerprint density at radius 2 is 1.92 bits per heavy atom. The lowest BCUT2D eigenvalue weighted by molar-refractivity contribution is 0.197. The molecule has 2 amide bonds. The first-order valence-electron chi connectivity index (χ1n) is 8.22. The van der Waals surface area contributed by atoms with Gasteiger partial charge in [0.25, 0.3) is 0 Å². The molecule has 1 N–H and O–H groups in total. The van der Waals surface area contributed by atoms with Gasteiger partial charge in [0.05, 0.1) is 12.2 Å². The lowest BCUT2D eigenvalue weighted by Crippen LogP contribution is -2.49. The maximum Gasteiger partial charge on any atom is 0.317 e. The number of urea groups is 1. The van der Waals surface area contributed by atoms with E-state index < -0.39 is 0 Å². The van der Waals surface area contributed by atoms with Gasteiger partial charge >= 0.3 is 6.03 Å². The highest BCUT2D eigenvalue weighted by Gasteiger charge is 2.30. The molecule has 0 fully saturated rings. The maximum atomic E-state index is 12.5. The Morgan fingerprint density at radius 1 is 1.29 bits per heavy atom. The van der Waals surface area contributed by atoms with Crippen LogP contribution in [-0.4, -0.2) is 29.2 Å². The summed E-state index contributed by atoms with van der Waals surface area (Å²) in [5, 5.41) is 7.04. The molecule has 0 aliphatic rings. The molecule has 1 heterocycles. The first kappa shape index (κ1) is 18.0. The molecule has 0 saturated carbocycles. The summed E-state index contributed by atoms with van der Waals surface area (Å²) in [5.41, 5.74) is 2.82. The first-order valence-corrected chi connectivity index (χ1v) is 8.22. The van der Waals surface area contributed by atoms with Crippen LogP contribution < -0.4 is 5.32 Å². The summed E-state index contributed by atoms with van der Waals surface area (Å²) in [7, 11) is 1.78. The van der Waals surface area contributed by atoms with Gasteiger partial charge in [-0.3, -0.25) is 0 Å². The van der Waals surface area contributed by atoms with Gasteiger partial charge in [-0.15, -0.1) is 0 Å². The minimum atomic E-state index is -0.166. The Morgan fingerprint density at radius 3 is 2.46 bits per heavy atom. The van der Waals surface area contributed by atoms with Crippen molar-refractivity contribution in [3.05, 3.63) is 52.9 Å². The summed E-state index contributed by atoms with van der Waals surface area (Å²) >= 11 is 0. The van der Waals surface area contributed by atoms with E-state index in [9.17, 15) is 4.79 Å². The standard InChI is InChI=1S/C19H27N3O2/c1-13-17(14(2)24-21-13)12-22(6)18(23)20-15(3)19(4,5)16-10-8-7-9-11-16/h7-11,15H,12H2,1-6H3,(H,20,23)/t15-/m1/s1. The van der Waals surface area contributed by atoms with Crippen LogP contribution in [0.5, 0.6) is 0 Å². The van der Waals surface area contributed by atoms with Crippen LogP contribution in [0.3, 0.4) is 0 Å². The average Bonchev–Trinajstić information content (AvgIpc) is 2.87. The zero-order chi connectivity index (χ0) is 17.9. The van der Waals surface area contributed by atoms with E-state index in [1.54, 1.807) is 11.9 Å². The Labute approximate surface area is 144 Å². The molecule has 1 atom stereocenters. The molecule has 0 unspecified atom stereocenters. The highest BCUT2D eigenvalue weighted by atomic mass is 16.5. The smallest absolute Gasteiger partial charge is 0.317 e. The molecule has 0 spiro atoms. The molecular weight excluding hydrogens is 302 g/mol. The predicted molar refractivity (Wildman–Crippen MR) is 94.9 cm³/mol. The number of nitrogens with one attached hydrogen (secondary N) is 1. The van der Waals surface area contributed by atoms with Gasteiger partial charge in [-0.1, -0.05) is 49.3 Å². The molecule has 0 bridgehead atoms. The number of nitrogens with zero attached hydrogens (tertiary/aromatic N) is 2. The number of hydrogen-bond acceptors (Lipinski definition) is 3. The van der Waals surface area contributed by atoms with Crippen molar-refractivity contribution in [1.82, 2.24) is 15.4 Å². The van der Waals surface area contributed by atoms with E-state index in [1.807, 2.05) is 39.0 Å². The van der Waals surface area contributed by atoms with Crippen LogP contribution in [0.25, 0.3) is 0 Å².